The number of nitrogens with zero attached hydrogens (tertiary/aromatic N) is 2. The van der Waals surface area contributed by atoms with E-state index >= 15 is 0 Å². The van der Waals surface area contributed by atoms with Crippen molar-refractivity contribution in [3.63, 3.8) is 0 Å². The molecule has 9 heteroatoms. The van der Waals surface area contributed by atoms with Gasteiger partial charge in [0.2, 0.25) is 0 Å². The van der Waals surface area contributed by atoms with E-state index in [0.29, 0.717) is 46.0 Å². The number of rotatable bonds is 8. The average molecular weight is 571 g/mol. The van der Waals surface area contributed by atoms with Gasteiger partial charge in [-0.25, -0.2) is 5.43 Å². The number of nitriles is 1. The Balaban J connectivity index is 1.42. The fourth-order valence-electron chi connectivity index (χ4n) is 3.67. The highest BCUT2D eigenvalue weighted by Crippen LogP contribution is 2.37. The van der Waals surface area contributed by atoms with Crippen LogP contribution in [-0.4, -0.2) is 24.6 Å². The molecule has 0 aromatic heterocycles. The molecule has 38 heavy (non-hydrogen) atoms. The van der Waals surface area contributed by atoms with Crippen LogP contribution in [0.4, 0.5) is 5.69 Å². The van der Waals surface area contributed by atoms with Gasteiger partial charge in [-0.05, 0) is 81.2 Å². The number of hydrogen-bond acceptors (Lipinski definition) is 6. The van der Waals surface area contributed by atoms with E-state index in [1.807, 2.05) is 37.3 Å². The van der Waals surface area contributed by atoms with Crippen LogP contribution < -0.4 is 20.2 Å². The predicted octanol–water partition coefficient (Wildman–Crippen LogP) is 5.54. The number of amides is 2. The van der Waals surface area contributed by atoms with E-state index < -0.39 is 11.8 Å². The lowest BCUT2D eigenvalue weighted by atomic mass is 10.1. The minimum Gasteiger partial charge on any atom is -0.490 e. The third-order valence-electron chi connectivity index (χ3n) is 5.44. The third kappa shape index (κ3) is 6.55. The number of carbonyl (C=O) groups excluding carboxylic acids is 2. The Hall–Kier alpha value is -4.68. The van der Waals surface area contributed by atoms with Gasteiger partial charge in [0.1, 0.15) is 6.61 Å². The van der Waals surface area contributed by atoms with Crippen molar-refractivity contribution in [2.24, 2.45) is 5.10 Å². The zero-order valence-corrected chi connectivity index (χ0v) is 22.0. The monoisotopic (exact) mass is 570 g/mol. The number of fused-ring (bicyclic) bond motifs is 1. The molecule has 0 aliphatic rings. The van der Waals surface area contributed by atoms with E-state index in [0.717, 1.165) is 16.3 Å². The number of hydrazone groups is 1. The van der Waals surface area contributed by atoms with Crippen molar-refractivity contribution >= 4 is 50.4 Å². The summed E-state index contributed by atoms with van der Waals surface area (Å²) in [6.45, 7) is 2.64. The number of hydrogen-bond donors (Lipinski definition) is 2. The largest absolute Gasteiger partial charge is 0.490 e. The molecule has 2 amide bonds. The molecule has 0 radical (unpaired) electrons. The standard InChI is InChI=1S/C29H23BrN4O4/c1-2-37-26-15-20(17-32-34-29(36)28(35)33-23-12-10-19(16-31)11-13-23)14-25(30)27(26)38-18-22-8-5-7-21-6-3-4-9-24(21)22/h3-15,17H,2,18H2,1H3,(H,33,35)(H,34,36). The van der Waals surface area contributed by atoms with E-state index in [9.17, 15) is 9.59 Å². The van der Waals surface area contributed by atoms with E-state index in [-0.39, 0.29) is 0 Å². The number of nitrogens with one attached hydrogen (secondary N) is 2. The van der Waals surface area contributed by atoms with Gasteiger partial charge in [-0.3, -0.25) is 9.59 Å². The smallest absolute Gasteiger partial charge is 0.329 e. The van der Waals surface area contributed by atoms with Crippen LogP contribution in [0.3, 0.4) is 0 Å². The molecule has 0 unspecified atom stereocenters. The summed E-state index contributed by atoms with van der Waals surface area (Å²) in [5.41, 5.74) is 4.70. The first-order valence-corrected chi connectivity index (χ1v) is 12.5. The number of carbonyl (C=O) groups is 2. The first-order valence-electron chi connectivity index (χ1n) is 11.7. The molecule has 4 aromatic rings. The minimum atomic E-state index is -0.940. The van der Waals surface area contributed by atoms with Gasteiger partial charge in [-0.2, -0.15) is 10.4 Å². The molecule has 0 heterocycles. The summed E-state index contributed by atoms with van der Waals surface area (Å²) in [6.07, 6.45) is 1.40. The first-order chi connectivity index (χ1) is 18.5. The fraction of sp³-hybridized carbons (Fsp3) is 0.103. The van der Waals surface area contributed by atoms with Gasteiger partial charge in [-0.1, -0.05) is 42.5 Å². The minimum absolute atomic E-state index is 0.345. The molecule has 0 spiro atoms. The first kappa shape index (κ1) is 26.4. The molecule has 0 aliphatic heterocycles. The molecule has 4 rings (SSSR count). The van der Waals surface area contributed by atoms with Crippen LogP contribution >= 0.6 is 15.9 Å². The number of halogens is 1. The second kappa shape index (κ2) is 12.5. The number of anilines is 1. The van der Waals surface area contributed by atoms with E-state index in [2.05, 4.69) is 50.0 Å². The van der Waals surface area contributed by atoms with Gasteiger partial charge in [0, 0.05) is 5.69 Å². The summed E-state index contributed by atoms with van der Waals surface area (Å²) < 4.78 is 12.6. The van der Waals surface area contributed by atoms with Crippen LogP contribution in [0, 0.1) is 11.3 Å². The Bertz CT molecular complexity index is 1540. The normalized spacial score (nSPS) is 10.7. The van der Waals surface area contributed by atoms with Crippen molar-refractivity contribution in [3.8, 4) is 17.6 Å². The topological polar surface area (TPSA) is 113 Å². The zero-order chi connectivity index (χ0) is 26.9. The van der Waals surface area contributed by atoms with E-state index in [4.69, 9.17) is 14.7 Å². The molecular formula is C29H23BrN4O4. The predicted molar refractivity (Wildman–Crippen MR) is 149 cm³/mol. The van der Waals surface area contributed by atoms with Gasteiger partial charge >= 0.3 is 11.8 Å². The summed E-state index contributed by atoms with van der Waals surface area (Å²) in [7, 11) is 0. The Morgan fingerprint density at radius 3 is 2.53 bits per heavy atom. The maximum absolute atomic E-state index is 12.1. The van der Waals surface area contributed by atoms with E-state index in [1.165, 1.54) is 30.5 Å². The summed E-state index contributed by atoms with van der Waals surface area (Å²) in [4.78, 5) is 24.2. The molecule has 190 valence electrons. The summed E-state index contributed by atoms with van der Waals surface area (Å²) >= 11 is 3.54. The fourth-order valence-corrected chi connectivity index (χ4v) is 4.24. The van der Waals surface area contributed by atoms with Crippen molar-refractivity contribution in [2.75, 3.05) is 11.9 Å². The van der Waals surface area contributed by atoms with Crippen LogP contribution in [-0.2, 0) is 16.2 Å². The zero-order valence-electron chi connectivity index (χ0n) is 20.4. The van der Waals surface area contributed by atoms with Gasteiger partial charge < -0.3 is 14.8 Å². The van der Waals surface area contributed by atoms with Crippen LogP contribution in [0.5, 0.6) is 11.5 Å². The molecule has 0 saturated carbocycles. The lowest BCUT2D eigenvalue weighted by Crippen LogP contribution is -2.32. The van der Waals surface area contributed by atoms with Crippen molar-refractivity contribution < 1.29 is 19.1 Å². The average Bonchev–Trinajstić information content (AvgIpc) is 2.93. The quantitative estimate of drug-likeness (QED) is 0.164. The highest BCUT2D eigenvalue weighted by atomic mass is 79.9. The molecule has 2 N–H and O–H groups in total. The van der Waals surface area contributed by atoms with Crippen LogP contribution in [0.1, 0.15) is 23.6 Å². The second-order valence-corrected chi connectivity index (χ2v) is 8.89. The maximum Gasteiger partial charge on any atom is 0.329 e. The van der Waals surface area contributed by atoms with Gasteiger partial charge in [0.15, 0.2) is 11.5 Å². The van der Waals surface area contributed by atoms with Gasteiger partial charge in [0.25, 0.3) is 0 Å². The summed E-state index contributed by atoms with van der Waals surface area (Å²) in [5, 5.41) is 17.4. The van der Waals surface area contributed by atoms with Crippen molar-refractivity contribution in [1.82, 2.24) is 5.43 Å². The van der Waals surface area contributed by atoms with Crippen LogP contribution in [0.25, 0.3) is 10.8 Å². The van der Waals surface area contributed by atoms with Crippen LogP contribution in [0.15, 0.2) is 88.4 Å². The van der Waals surface area contributed by atoms with Crippen molar-refractivity contribution in [3.05, 3.63) is 100 Å². The lowest BCUT2D eigenvalue weighted by molar-refractivity contribution is -0.136. The summed E-state index contributed by atoms with van der Waals surface area (Å²) in [5.74, 6) is -0.777. The number of ether oxygens (including phenoxy) is 2. The Morgan fingerprint density at radius 1 is 1.00 bits per heavy atom. The van der Waals surface area contributed by atoms with Crippen molar-refractivity contribution in [1.29, 1.82) is 5.26 Å². The molecule has 0 atom stereocenters. The van der Waals surface area contributed by atoms with Crippen molar-refractivity contribution in [2.45, 2.75) is 13.5 Å². The van der Waals surface area contributed by atoms with Gasteiger partial charge in [0.05, 0.1) is 28.9 Å². The molecule has 0 aliphatic carbocycles. The van der Waals surface area contributed by atoms with Crippen LogP contribution in [0.2, 0.25) is 0 Å². The molecule has 0 fully saturated rings. The Labute approximate surface area is 228 Å². The molecular weight excluding hydrogens is 548 g/mol. The lowest BCUT2D eigenvalue weighted by Gasteiger charge is -2.15. The molecule has 4 aromatic carbocycles. The Kier molecular flexibility index (Phi) is 8.69. The summed E-state index contributed by atoms with van der Waals surface area (Å²) in [6, 6.07) is 25.8. The highest BCUT2D eigenvalue weighted by Gasteiger charge is 2.15. The SMILES string of the molecule is CCOc1cc(C=NNC(=O)C(=O)Nc2ccc(C#N)cc2)cc(Br)c1OCc1cccc2ccccc12. The Morgan fingerprint density at radius 2 is 1.76 bits per heavy atom. The molecule has 0 bridgehead atoms. The number of benzene rings is 4. The molecule has 0 saturated heterocycles. The third-order valence-corrected chi connectivity index (χ3v) is 6.03. The van der Waals surface area contributed by atoms with E-state index in [1.54, 1.807) is 12.1 Å². The van der Waals surface area contributed by atoms with Gasteiger partial charge in [-0.15, -0.1) is 0 Å². The highest BCUT2D eigenvalue weighted by molar-refractivity contribution is 9.10. The maximum atomic E-state index is 12.1. The second-order valence-electron chi connectivity index (χ2n) is 8.03. The molecule has 8 nitrogen and oxygen atoms in total.